The summed E-state index contributed by atoms with van der Waals surface area (Å²) in [5.41, 5.74) is 8.31. The molecule has 0 fully saturated rings. The predicted molar refractivity (Wildman–Crippen MR) is 83.9 cm³/mol. The summed E-state index contributed by atoms with van der Waals surface area (Å²) in [6.07, 6.45) is 1.83. The molecule has 0 unspecified atom stereocenters. The Hall–Kier alpha value is -1.92. The quantitative estimate of drug-likeness (QED) is 0.713. The van der Waals surface area contributed by atoms with Crippen molar-refractivity contribution in [2.75, 3.05) is 12.5 Å². The molecule has 1 aliphatic rings. The minimum absolute atomic E-state index is 0.212. The van der Waals surface area contributed by atoms with Crippen LogP contribution < -0.4 is 15.2 Å². The number of ether oxygens (including phenoxy) is 2. The van der Waals surface area contributed by atoms with Crippen LogP contribution in [0.5, 0.6) is 11.5 Å². The Morgan fingerprint density at radius 1 is 1.33 bits per heavy atom. The number of halogens is 2. The molecule has 0 bridgehead atoms. The highest BCUT2D eigenvalue weighted by molar-refractivity contribution is 9.10. The lowest BCUT2D eigenvalue weighted by Crippen LogP contribution is -1.94. The van der Waals surface area contributed by atoms with Crippen molar-refractivity contribution in [2.45, 2.75) is 0 Å². The van der Waals surface area contributed by atoms with Crippen LogP contribution in [-0.4, -0.2) is 16.2 Å². The maximum Gasteiger partial charge on any atom is 0.231 e. The number of nitrogens with two attached hydrogens (primary N) is 1. The van der Waals surface area contributed by atoms with E-state index >= 15 is 0 Å². The standard InChI is InChI=1S/C14H9BrClN3O2/c15-8-4-7(5-10-12(8)21-6-20-10)11-13(17)19-3-1-2-9(16)14(19)18-11/h1-5H,6,17H2. The monoisotopic (exact) mass is 365 g/mol. The third kappa shape index (κ3) is 1.86. The number of rotatable bonds is 1. The highest BCUT2D eigenvalue weighted by Gasteiger charge is 2.21. The predicted octanol–water partition coefficient (Wildman–Crippen LogP) is 3.73. The first kappa shape index (κ1) is 12.8. The molecule has 3 aromatic rings. The largest absolute Gasteiger partial charge is 0.454 e. The number of imidazole rings is 1. The van der Waals surface area contributed by atoms with Gasteiger partial charge in [-0.1, -0.05) is 11.6 Å². The molecular formula is C14H9BrClN3O2. The van der Waals surface area contributed by atoms with Crippen molar-refractivity contribution >= 4 is 39.0 Å². The second-order valence-corrected chi connectivity index (χ2v) is 5.85. The molecule has 0 spiro atoms. The van der Waals surface area contributed by atoms with E-state index in [1.165, 1.54) is 0 Å². The second-order valence-electron chi connectivity index (χ2n) is 4.59. The van der Waals surface area contributed by atoms with Crippen LogP contribution >= 0.6 is 27.5 Å². The molecule has 1 aliphatic heterocycles. The van der Waals surface area contributed by atoms with E-state index in [1.807, 2.05) is 24.4 Å². The van der Waals surface area contributed by atoms with Crippen molar-refractivity contribution in [3.8, 4) is 22.8 Å². The Balaban J connectivity index is 1.97. The maximum absolute atomic E-state index is 6.19. The van der Waals surface area contributed by atoms with E-state index in [0.29, 0.717) is 33.7 Å². The van der Waals surface area contributed by atoms with Crippen LogP contribution in [0, 0.1) is 0 Å². The van der Waals surface area contributed by atoms with Gasteiger partial charge in [0, 0.05) is 11.8 Å². The van der Waals surface area contributed by atoms with E-state index < -0.39 is 0 Å². The zero-order chi connectivity index (χ0) is 14.6. The average Bonchev–Trinajstić information content (AvgIpc) is 3.05. The SMILES string of the molecule is Nc1c(-c2cc(Br)c3c(c2)OCO3)nc2c(Cl)cccn12. The molecule has 3 heterocycles. The van der Waals surface area contributed by atoms with Gasteiger partial charge in [0.2, 0.25) is 6.79 Å². The molecule has 2 N–H and O–H groups in total. The summed E-state index contributed by atoms with van der Waals surface area (Å²) in [5.74, 6) is 1.89. The number of fused-ring (bicyclic) bond motifs is 2. The highest BCUT2D eigenvalue weighted by Crippen LogP contribution is 2.43. The van der Waals surface area contributed by atoms with Crippen LogP contribution in [0.3, 0.4) is 0 Å². The Labute approximate surface area is 133 Å². The van der Waals surface area contributed by atoms with Gasteiger partial charge >= 0.3 is 0 Å². The normalized spacial score (nSPS) is 13.0. The fraction of sp³-hybridized carbons (Fsp3) is 0.0714. The summed E-state index contributed by atoms with van der Waals surface area (Å²) in [7, 11) is 0. The van der Waals surface area contributed by atoms with Gasteiger partial charge in [-0.25, -0.2) is 4.98 Å². The number of aromatic nitrogens is 2. The highest BCUT2D eigenvalue weighted by atomic mass is 79.9. The summed E-state index contributed by atoms with van der Waals surface area (Å²) in [4.78, 5) is 4.54. The van der Waals surface area contributed by atoms with Crippen molar-refractivity contribution in [3.63, 3.8) is 0 Å². The van der Waals surface area contributed by atoms with Gasteiger partial charge in [-0.15, -0.1) is 0 Å². The second kappa shape index (κ2) is 4.54. The number of benzene rings is 1. The molecule has 4 rings (SSSR count). The van der Waals surface area contributed by atoms with E-state index in [4.69, 9.17) is 26.8 Å². The molecule has 0 saturated heterocycles. The molecule has 7 heteroatoms. The van der Waals surface area contributed by atoms with Crippen LogP contribution in [-0.2, 0) is 0 Å². The van der Waals surface area contributed by atoms with Gasteiger partial charge in [0.1, 0.15) is 11.5 Å². The minimum Gasteiger partial charge on any atom is -0.454 e. The third-order valence-electron chi connectivity index (χ3n) is 3.34. The van der Waals surface area contributed by atoms with E-state index in [-0.39, 0.29) is 6.79 Å². The molecule has 2 aromatic heterocycles. The van der Waals surface area contributed by atoms with Crippen LogP contribution in [0.4, 0.5) is 5.82 Å². The van der Waals surface area contributed by atoms with Crippen molar-refractivity contribution in [3.05, 3.63) is 40.0 Å². The lowest BCUT2D eigenvalue weighted by atomic mass is 10.1. The molecule has 106 valence electrons. The van der Waals surface area contributed by atoms with Gasteiger partial charge in [-0.05, 0) is 40.2 Å². The summed E-state index contributed by atoms with van der Waals surface area (Å²) in [5, 5.41) is 0.551. The van der Waals surface area contributed by atoms with E-state index in [1.54, 1.807) is 10.5 Å². The summed E-state index contributed by atoms with van der Waals surface area (Å²) in [6, 6.07) is 7.37. The van der Waals surface area contributed by atoms with E-state index in [2.05, 4.69) is 20.9 Å². The third-order valence-corrected chi connectivity index (χ3v) is 4.22. The van der Waals surface area contributed by atoms with E-state index in [9.17, 15) is 0 Å². The van der Waals surface area contributed by atoms with Gasteiger partial charge < -0.3 is 15.2 Å². The Kier molecular flexibility index (Phi) is 2.77. The number of hydrogen-bond donors (Lipinski definition) is 1. The van der Waals surface area contributed by atoms with E-state index in [0.717, 1.165) is 10.0 Å². The Morgan fingerprint density at radius 2 is 2.19 bits per heavy atom. The van der Waals surface area contributed by atoms with Crippen molar-refractivity contribution in [2.24, 2.45) is 0 Å². The molecular weight excluding hydrogens is 358 g/mol. The zero-order valence-electron chi connectivity index (χ0n) is 10.6. The number of anilines is 1. The molecule has 0 atom stereocenters. The fourth-order valence-electron chi connectivity index (χ4n) is 2.37. The van der Waals surface area contributed by atoms with Gasteiger partial charge in [0.25, 0.3) is 0 Å². The molecule has 0 aliphatic carbocycles. The van der Waals surface area contributed by atoms with Crippen LogP contribution in [0.1, 0.15) is 0 Å². The van der Waals surface area contributed by atoms with Gasteiger partial charge in [-0.2, -0.15) is 0 Å². The first-order chi connectivity index (χ1) is 10.1. The Bertz CT molecular complexity index is 878. The smallest absolute Gasteiger partial charge is 0.231 e. The van der Waals surface area contributed by atoms with Crippen molar-refractivity contribution in [1.29, 1.82) is 0 Å². The molecule has 1 aromatic carbocycles. The van der Waals surface area contributed by atoms with Gasteiger partial charge in [-0.3, -0.25) is 4.40 Å². The molecule has 0 saturated carbocycles. The number of nitrogens with zero attached hydrogens (tertiary/aromatic N) is 2. The average molecular weight is 367 g/mol. The van der Waals surface area contributed by atoms with Crippen LogP contribution in [0.25, 0.3) is 16.9 Å². The first-order valence-electron chi connectivity index (χ1n) is 6.16. The van der Waals surface area contributed by atoms with Crippen LogP contribution in [0.2, 0.25) is 5.02 Å². The topological polar surface area (TPSA) is 61.8 Å². The van der Waals surface area contributed by atoms with Crippen LogP contribution in [0.15, 0.2) is 34.9 Å². The van der Waals surface area contributed by atoms with Crippen molar-refractivity contribution in [1.82, 2.24) is 9.38 Å². The Morgan fingerprint density at radius 3 is 3.00 bits per heavy atom. The van der Waals surface area contributed by atoms with Gasteiger partial charge in [0.15, 0.2) is 17.1 Å². The summed E-state index contributed by atoms with van der Waals surface area (Å²) in [6.45, 7) is 0.212. The fourth-order valence-corrected chi connectivity index (χ4v) is 3.13. The number of hydrogen-bond acceptors (Lipinski definition) is 4. The first-order valence-corrected chi connectivity index (χ1v) is 7.34. The molecule has 0 amide bonds. The molecule has 0 radical (unpaired) electrons. The maximum atomic E-state index is 6.19. The molecule has 21 heavy (non-hydrogen) atoms. The summed E-state index contributed by atoms with van der Waals surface area (Å²) >= 11 is 9.63. The number of nitrogen functional groups attached to an aromatic ring is 1. The number of pyridine rings is 1. The zero-order valence-corrected chi connectivity index (χ0v) is 13.0. The minimum atomic E-state index is 0.212. The van der Waals surface area contributed by atoms with Gasteiger partial charge in [0.05, 0.1) is 9.50 Å². The lowest BCUT2D eigenvalue weighted by Gasteiger charge is -2.04. The lowest BCUT2D eigenvalue weighted by molar-refractivity contribution is 0.173. The summed E-state index contributed by atoms with van der Waals surface area (Å²) < 4.78 is 13.4. The van der Waals surface area contributed by atoms with Crippen molar-refractivity contribution < 1.29 is 9.47 Å². The molecule has 5 nitrogen and oxygen atoms in total.